The van der Waals surface area contributed by atoms with Crippen molar-refractivity contribution in [2.45, 2.75) is 133 Å². The zero-order chi connectivity index (χ0) is 101. The third kappa shape index (κ3) is 15.2. The van der Waals surface area contributed by atoms with E-state index in [0.29, 0.717) is 39.1 Å². The van der Waals surface area contributed by atoms with Gasteiger partial charge in [0.2, 0.25) is 34.2 Å². The maximum absolute atomic E-state index is 8.35. The Hall–Kier alpha value is -13.4. The Labute approximate surface area is 728 Å². The molecule has 15 heterocycles. The number of aromatic nitrogens is 10. The maximum Gasteiger partial charge on any atom is 0.228 e. The summed E-state index contributed by atoms with van der Waals surface area (Å²) < 4.78 is 196. The molecule has 0 spiro atoms. The second kappa shape index (κ2) is 33.2. The quantitative estimate of drug-likeness (QED) is 0.121. The van der Waals surface area contributed by atoms with Crippen LogP contribution in [0.4, 0.5) is 0 Å². The number of aryl methyl sites for hydroxylation is 10. The molecule has 120 heavy (non-hydrogen) atoms. The highest BCUT2D eigenvalue weighted by molar-refractivity contribution is 6.16. The normalized spacial score (nSPS) is 17.1. The van der Waals surface area contributed by atoms with Gasteiger partial charge in [-0.05, 0) is 171 Å². The Balaban J connectivity index is 0.000000126. The fourth-order valence-corrected chi connectivity index (χ4v) is 16.1. The van der Waals surface area contributed by atoms with Crippen LogP contribution in [0.25, 0.3) is 166 Å². The van der Waals surface area contributed by atoms with Gasteiger partial charge in [0.25, 0.3) is 0 Å². The minimum Gasteiger partial charge on any atom is -0.456 e. The first-order chi connectivity index (χ1) is 65.5. The van der Waals surface area contributed by atoms with E-state index in [9.17, 15) is 0 Å². The van der Waals surface area contributed by atoms with Crippen LogP contribution >= 0.6 is 0 Å². The van der Waals surface area contributed by atoms with Crippen LogP contribution in [0.15, 0.2) is 266 Å². The van der Waals surface area contributed by atoms with E-state index in [1.165, 1.54) is 34.6 Å². The van der Waals surface area contributed by atoms with E-state index in [-0.39, 0.29) is 0 Å². The Morgan fingerprint density at radius 1 is 0.283 bits per heavy atom. The molecule has 0 fully saturated rings. The average Bonchev–Trinajstić information content (AvgIpc) is 1.59. The van der Waals surface area contributed by atoms with E-state index >= 15 is 0 Å². The number of pyridine rings is 10. The molecule has 0 saturated heterocycles. The van der Waals surface area contributed by atoms with Gasteiger partial charge in [-0.15, -0.1) is 0 Å². The second-order valence-electron chi connectivity index (χ2n) is 30.6. The van der Waals surface area contributed by atoms with Crippen molar-refractivity contribution in [3.8, 4) is 56.3 Å². The van der Waals surface area contributed by atoms with E-state index < -0.39 is 63.7 Å². The Bertz CT molecular complexity index is 7150. The van der Waals surface area contributed by atoms with Gasteiger partial charge in [0.05, 0.1) is 56.7 Å². The molecule has 0 amide bonds. The van der Waals surface area contributed by atoms with Crippen LogP contribution in [-0.2, 0) is 35.2 Å². The molecule has 0 aliphatic heterocycles. The molecule has 0 aliphatic rings. The van der Waals surface area contributed by atoms with Gasteiger partial charge in [0.1, 0.15) is 74.3 Å². The summed E-state index contributed by atoms with van der Waals surface area (Å²) in [5, 5.41) is 8.76. The van der Waals surface area contributed by atoms with Crippen LogP contribution in [0.5, 0.6) is 0 Å². The number of benzene rings is 5. The summed E-state index contributed by atoms with van der Waals surface area (Å²) in [6, 6.07) is 53.1. The summed E-state index contributed by atoms with van der Waals surface area (Å²) >= 11 is 0. The van der Waals surface area contributed by atoms with E-state index in [2.05, 4.69) is 24.9 Å². The molecule has 0 radical (unpaired) electrons. The van der Waals surface area contributed by atoms with Gasteiger partial charge in [-0.2, -0.15) is 0 Å². The molecule has 5 atom stereocenters. The van der Waals surface area contributed by atoms with Crippen molar-refractivity contribution in [2.24, 2.45) is 35.2 Å². The van der Waals surface area contributed by atoms with Gasteiger partial charge in [0.15, 0.2) is 47.7 Å². The van der Waals surface area contributed by atoms with Crippen LogP contribution in [0.1, 0.15) is 182 Å². The summed E-state index contributed by atoms with van der Waals surface area (Å²) in [6.45, 7) is 5.11. The van der Waals surface area contributed by atoms with Crippen LogP contribution < -0.4 is 22.8 Å². The van der Waals surface area contributed by atoms with E-state index in [1.807, 2.05) is 232 Å². The highest BCUT2D eigenvalue weighted by Gasteiger charge is 2.29. The zero-order valence-electron chi connectivity index (χ0n) is 89.6. The minimum atomic E-state index is -2.42. The summed E-state index contributed by atoms with van der Waals surface area (Å²) in [6.07, 6.45) is 20.8. The molecule has 600 valence electrons. The number of fused-ring (bicyclic) bond motifs is 15. The topological polar surface area (TPSA) is 150 Å². The van der Waals surface area contributed by atoms with Crippen molar-refractivity contribution in [3.63, 3.8) is 0 Å². The predicted octanol–water partition coefficient (Wildman–Crippen LogP) is 24.5. The van der Waals surface area contributed by atoms with Gasteiger partial charge >= 0.3 is 0 Å². The second-order valence-corrected chi connectivity index (χ2v) is 30.6. The highest BCUT2D eigenvalue weighted by Crippen LogP contribution is 2.43. The number of nitrogens with zero attached hydrogens (tertiary/aromatic N) is 10. The van der Waals surface area contributed by atoms with Gasteiger partial charge in [0, 0.05) is 154 Å². The summed E-state index contributed by atoms with van der Waals surface area (Å²) in [5.74, 6) is -8.43. The molecule has 20 rings (SSSR count). The van der Waals surface area contributed by atoms with Crippen molar-refractivity contribution in [1.82, 2.24) is 24.9 Å². The van der Waals surface area contributed by atoms with Crippen molar-refractivity contribution in [1.29, 1.82) is 0 Å². The van der Waals surface area contributed by atoms with E-state index in [4.69, 9.17) is 49.5 Å². The SMILES string of the molecule is [2H]C([2H])([2H])C([2H])(C)c1ccc(-c2c(C)ccc3oc4cccnc4c23)[n+](C)c1.[2H]C([2H])([2H])C([2H])(C)c1ccc(-c2c(C)ccc3oc4ccncc4c23)[n+](C)c1.[2H]C([2H])([2H])C([2H])(C)c1ccc(-c2c(C)ccc3oc4cnccc4c23)[n+](C)c1.[2H]C([2H])([2H])C([2H])(C)c1ccc(-c2c(C)cnc3oc4ccccc4c23)[n+](C)c1.[2H]C([2H])([2H])C([2H])(C)c1ccc(-c2c(C)ncc3oc4ccccc4c23)[n+](C)c1. The molecular weight excluding hydrogens is 1480 g/mol. The average molecular weight is 1610 g/mol. The molecule has 0 N–H and O–H groups in total. The van der Waals surface area contributed by atoms with Crippen molar-refractivity contribution in [3.05, 3.63) is 300 Å². The minimum absolute atomic E-state index is 0.439. The highest BCUT2D eigenvalue weighted by atomic mass is 16.3. The van der Waals surface area contributed by atoms with Crippen molar-refractivity contribution in [2.75, 3.05) is 0 Å². The molecule has 20 aromatic rings. The maximum atomic E-state index is 8.35. The summed E-state index contributed by atoms with van der Waals surface area (Å²) in [7, 11) is 9.32. The van der Waals surface area contributed by atoms with Crippen LogP contribution in [0, 0.1) is 34.6 Å². The molecule has 5 unspecified atom stereocenters. The van der Waals surface area contributed by atoms with Gasteiger partial charge in [-0.1, -0.05) is 123 Å². The Kier molecular flexibility index (Phi) is 16.4. The first kappa shape index (κ1) is 59.3. The number of hydrogen-bond donors (Lipinski definition) is 0. The molecule has 0 saturated carbocycles. The number of hydrogen-bond acceptors (Lipinski definition) is 10. The number of rotatable bonds is 10. The first-order valence-corrected chi connectivity index (χ1v) is 39.4. The Morgan fingerprint density at radius 3 is 1.16 bits per heavy atom. The van der Waals surface area contributed by atoms with Crippen LogP contribution in [0.2, 0.25) is 0 Å². The lowest BCUT2D eigenvalue weighted by Crippen LogP contribution is -2.31. The number of para-hydroxylation sites is 2. The predicted molar refractivity (Wildman–Crippen MR) is 485 cm³/mol. The fraction of sp³-hybridized carbons (Fsp3) is 0.238. The van der Waals surface area contributed by atoms with E-state index in [0.717, 1.165) is 183 Å². The summed E-state index contributed by atoms with van der Waals surface area (Å²) in [4.78, 5) is 21.8. The van der Waals surface area contributed by atoms with E-state index in [1.54, 1.807) is 105 Å². The van der Waals surface area contributed by atoms with Gasteiger partial charge in [-0.25, -0.2) is 27.8 Å². The molecule has 5 aromatic carbocycles. The Morgan fingerprint density at radius 2 is 0.658 bits per heavy atom. The summed E-state index contributed by atoms with van der Waals surface area (Å²) in [5.41, 5.74) is 25.0. The first-order valence-electron chi connectivity index (χ1n) is 49.4. The monoisotopic (exact) mass is 1610 g/mol. The third-order valence-electron chi connectivity index (χ3n) is 22.2. The van der Waals surface area contributed by atoms with Crippen molar-refractivity contribution >= 4 is 110 Å². The molecular formula is C105H105N10O5+5. The zero-order valence-corrected chi connectivity index (χ0v) is 69.6. The molecule has 0 bridgehead atoms. The lowest BCUT2D eigenvalue weighted by molar-refractivity contribution is -0.661. The smallest absolute Gasteiger partial charge is 0.228 e. The lowest BCUT2D eigenvalue weighted by atomic mass is 9.97. The number of furan rings is 5. The standard InChI is InChI=1S/5C21H21N2O/c1-13(2)15-6-7-17(23(4)12-15)20-14(3)5-8-19-21(20)16-11-22-10-9-18(16)24-19;1-13(2)15-6-7-17(23(4)12-15)20-14(3)5-8-18-21(20)16-9-10-22-11-19(16)24-18;1-13(2)15-8-9-16(23(4)12-15)19-14(3)7-10-17-20(19)21-18(24-17)6-5-11-22-21;1-13(2)15-9-10-17(23(4)12-15)20-14(3)22-11-19-21(20)16-7-5-6-8-18(16)24-19;1-13(2)15-9-10-17(23(4)12-15)19-14(3)11-22-21-20(19)16-7-5-6-8-18(16)24-21/h5*5-13H,1-4H3/q5*+1/i5*1D3,13D. The molecule has 15 aromatic heterocycles. The van der Waals surface area contributed by atoms with Crippen molar-refractivity contribution < 1.29 is 72.3 Å². The van der Waals surface area contributed by atoms with Crippen LogP contribution in [0.3, 0.4) is 0 Å². The lowest BCUT2D eigenvalue weighted by Gasteiger charge is -2.09. The molecule has 0 aliphatic carbocycles. The fourth-order valence-electron chi connectivity index (χ4n) is 16.1. The van der Waals surface area contributed by atoms with Crippen LogP contribution in [-0.4, -0.2) is 24.9 Å². The third-order valence-corrected chi connectivity index (χ3v) is 22.2. The van der Waals surface area contributed by atoms with Gasteiger partial charge < -0.3 is 22.1 Å². The van der Waals surface area contributed by atoms with Gasteiger partial charge in [-0.3, -0.25) is 19.9 Å². The largest absolute Gasteiger partial charge is 0.456 e. The molecule has 15 nitrogen and oxygen atoms in total. The molecule has 15 heteroatoms.